The average Bonchev–Trinajstić information content (AvgIpc) is 3.39. The molecule has 2 bridgehead atoms. The molecule has 1 aromatic heterocycles. The molecular weight excluding hydrogens is 382 g/mol. The summed E-state index contributed by atoms with van der Waals surface area (Å²) in [4.78, 5) is 12.5. The van der Waals surface area contributed by atoms with Gasteiger partial charge in [0.1, 0.15) is 6.10 Å². The van der Waals surface area contributed by atoms with Crippen LogP contribution in [-0.2, 0) is 4.79 Å². The number of fused-ring (bicyclic) bond motifs is 1. The molecule has 28 heavy (non-hydrogen) atoms. The summed E-state index contributed by atoms with van der Waals surface area (Å²) in [5, 5.41) is 25.6. The van der Waals surface area contributed by atoms with Gasteiger partial charge in [0.2, 0.25) is 17.4 Å². The number of carbonyl (C=O) groups is 1. The molecule has 3 atom stereocenters. The van der Waals surface area contributed by atoms with E-state index in [-0.39, 0.29) is 12.1 Å². The fraction of sp³-hybridized carbons (Fsp3) is 0.211. The molecule has 3 aromatic rings. The first-order valence-corrected chi connectivity index (χ1v) is 9.25. The fourth-order valence-electron chi connectivity index (χ4n) is 4.07. The SMILES string of the molecule is O=C(Nc1ccc(-c2nnc(-c3ccc(Cl)cc3)o2)cc1)C12[C@@H](O)CC3N1N32. The third-order valence-corrected chi connectivity index (χ3v) is 5.79. The molecule has 5 heterocycles. The zero-order valence-electron chi connectivity index (χ0n) is 14.4. The standard InChI is InChI=1S/C19H14ClN5O3/c20-12-5-1-10(2-6-12)16-22-23-17(28-16)11-3-7-13(8-4-11)21-18(27)19-14(26)9-15-24(19)25(15)19/h1-8,14-15,26H,9H2,(H,21,27)/t14-,15?,19?,24?,25?/m0/s1. The number of hydrogen-bond donors (Lipinski definition) is 2. The second-order valence-corrected chi connectivity index (χ2v) is 7.53. The van der Waals surface area contributed by atoms with Gasteiger partial charge in [-0.25, -0.2) is 0 Å². The Bertz CT molecular complexity index is 1090. The number of rotatable bonds is 4. The van der Waals surface area contributed by atoms with Gasteiger partial charge in [-0.05, 0) is 48.5 Å². The number of carbonyl (C=O) groups excluding carboxylic acids is 1. The van der Waals surface area contributed by atoms with Gasteiger partial charge in [-0.15, -0.1) is 10.2 Å². The molecule has 8 nitrogen and oxygen atoms in total. The van der Waals surface area contributed by atoms with Crippen LogP contribution in [0.15, 0.2) is 52.9 Å². The summed E-state index contributed by atoms with van der Waals surface area (Å²) >= 11 is 5.90. The van der Waals surface area contributed by atoms with Crippen molar-refractivity contribution in [2.45, 2.75) is 24.4 Å². The molecule has 140 valence electrons. The van der Waals surface area contributed by atoms with E-state index < -0.39 is 11.8 Å². The number of aromatic nitrogens is 2. The highest BCUT2D eigenvalue weighted by Gasteiger charge is 2.92. The minimum Gasteiger partial charge on any atom is -0.416 e. The lowest BCUT2D eigenvalue weighted by Gasteiger charge is -2.16. The number of hydrazine groups is 1. The first-order valence-electron chi connectivity index (χ1n) is 8.87. The van der Waals surface area contributed by atoms with Crippen molar-refractivity contribution in [2.24, 2.45) is 0 Å². The van der Waals surface area contributed by atoms with E-state index in [4.69, 9.17) is 16.0 Å². The van der Waals surface area contributed by atoms with Crippen molar-refractivity contribution in [1.82, 2.24) is 20.2 Å². The molecule has 9 heteroatoms. The Hall–Kier alpha value is -2.78. The molecule has 4 saturated heterocycles. The van der Waals surface area contributed by atoms with Crippen molar-refractivity contribution < 1.29 is 14.3 Å². The van der Waals surface area contributed by atoms with Gasteiger partial charge >= 0.3 is 0 Å². The number of nitrogens with one attached hydrogen (secondary N) is 1. The Kier molecular flexibility index (Phi) is 3.12. The predicted octanol–water partition coefficient (Wildman–Crippen LogP) is 2.33. The average molecular weight is 396 g/mol. The fourth-order valence-corrected chi connectivity index (χ4v) is 4.19. The number of anilines is 1. The van der Waals surface area contributed by atoms with Crippen LogP contribution in [0.1, 0.15) is 6.42 Å². The molecule has 0 radical (unpaired) electrons. The Balaban J connectivity index is 1.18. The highest BCUT2D eigenvalue weighted by atomic mass is 35.5. The van der Waals surface area contributed by atoms with Gasteiger partial charge in [-0.1, -0.05) is 11.6 Å². The number of benzene rings is 2. The maximum Gasteiger partial charge on any atom is 0.265 e. The van der Waals surface area contributed by atoms with Gasteiger partial charge < -0.3 is 14.8 Å². The Morgan fingerprint density at radius 3 is 2.18 bits per heavy atom. The van der Waals surface area contributed by atoms with Crippen LogP contribution in [0.3, 0.4) is 0 Å². The lowest BCUT2D eigenvalue weighted by Crippen LogP contribution is -2.45. The van der Waals surface area contributed by atoms with Crippen LogP contribution in [0.4, 0.5) is 5.69 Å². The van der Waals surface area contributed by atoms with E-state index in [1.165, 1.54) is 0 Å². The van der Waals surface area contributed by atoms with Crippen molar-refractivity contribution in [3.05, 3.63) is 53.6 Å². The van der Waals surface area contributed by atoms with Gasteiger partial charge in [0.25, 0.3) is 5.91 Å². The second-order valence-electron chi connectivity index (χ2n) is 7.10. The Morgan fingerprint density at radius 1 is 1.07 bits per heavy atom. The van der Waals surface area contributed by atoms with Crippen molar-refractivity contribution in [3.8, 4) is 22.9 Å². The molecule has 0 saturated carbocycles. The van der Waals surface area contributed by atoms with E-state index >= 15 is 0 Å². The molecule has 4 fully saturated rings. The van der Waals surface area contributed by atoms with Crippen LogP contribution in [0.25, 0.3) is 22.9 Å². The maximum absolute atomic E-state index is 12.5. The lowest BCUT2D eigenvalue weighted by molar-refractivity contribution is -0.123. The van der Waals surface area contributed by atoms with E-state index in [2.05, 4.69) is 15.5 Å². The van der Waals surface area contributed by atoms with Crippen molar-refractivity contribution >= 4 is 23.2 Å². The number of aliphatic hydroxyl groups excluding tert-OH is 1. The zero-order chi connectivity index (χ0) is 19.0. The predicted molar refractivity (Wildman–Crippen MR) is 99.6 cm³/mol. The van der Waals surface area contributed by atoms with E-state index in [0.717, 1.165) is 11.1 Å². The summed E-state index contributed by atoms with van der Waals surface area (Å²) in [5.41, 5.74) is 1.33. The normalized spacial score (nSPS) is 31.4. The summed E-state index contributed by atoms with van der Waals surface area (Å²) in [5.74, 6) is 0.587. The molecule has 7 rings (SSSR count). The van der Waals surface area contributed by atoms with Crippen molar-refractivity contribution in [2.75, 3.05) is 5.32 Å². The summed E-state index contributed by atoms with van der Waals surface area (Å²) in [6, 6.07) is 14.3. The smallest absolute Gasteiger partial charge is 0.265 e. The third kappa shape index (κ3) is 2.08. The summed E-state index contributed by atoms with van der Waals surface area (Å²) in [7, 11) is 0. The van der Waals surface area contributed by atoms with Crippen LogP contribution in [0.2, 0.25) is 5.02 Å². The summed E-state index contributed by atoms with van der Waals surface area (Å²) in [6.45, 7) is 0. The molecule has 2 N–H and O–H groups in total. The zero-order valence-corrected chi connectivity index (χ0v) is 15.2. The molecule has 2 unspecified atom stereocenters. The third-order valence-electron chi connectivity index (χ3n) is 5.54. The van der Waals surface area contributed by atoms with E-state index in [1.54, 1.807) is 36.4 Å². The first-order chi connectivity index (χ1) is 13.6. The van der Waals surface area contributed by atoms with Gasteiger partial charge in [0.05, 0.1) is 6.17 Å². The van der Waals surface area contributed by atoms with Gasteiger partial charge in [-0.3, -0.25) is 4.79 Å². The van der Waals surface area contributed by atoms with E-state index in [9.17, 15) is 9.90 Å². The minimum absolute atomic E-state index is 0.204. The number of aliphatic hydroxyl groups is 1. The van der Waals surface area contributed by atoms with Gasteiger partial charge in [0, 0.05) is 28.3 Å². The Morgan fingerprint density at radius 2 is 1.64 bits per heavy atom. The molecule has 0 aliphatic carbocycles. The second kappa shape index (κ2) is 5.39. The lowest BCUT2D eigenvalue weighted by atomic mass is 10.1. The van der Waals surface area contributed by atoms with Crippen LogP contribution in [-0.4, -0.2) is 49.2 Å². The van der Waals surface area contributed by atoms with Crippen LogP contribution in [0.5, 0.6) is 0 Å². The summed E-state index contributed by atoms with van der Waals surface area (Å²) < 4.78 is 5.74. The molecule has 4 aliphatic heterocycles. The highest BCUT2D eigenvalue weighted by Crippen LogP contribution is 2.68. The van der Waals surface area contributed by atoms with E-state index in [0.29, 0.717) is 28.9 Å². The number of hydrogen-bond acceptors (Lipinski definition) is 7. The molecular formula is C19H14ClN5O3. The van der Waals surface area contributed by atoms with Crippen molar-refractivity contribution in [3.63, 3.8) is 0 Å². The van der Waals surface area contributed by atoms with Gasteiger partial charge in [-0.2, -0.15) is 10.0 Å². The number of nitrogens with zero attached hydrogens (tertiary/aromatic N) is 4. The molecule has 2 aromatic carbocycles. The quantitative estimate of drug-likeness (QED) is 0.655. The minimum atomic E-state index is -0.844. The van der Waals surface area contributed by atoms with Gasteiger partial charge in [0.15, 0.2) is 0 Å². The summed E-state index contributed by atoms with van der Waals surface area (Å²) in [6.07, 6.45) is 0.233. The molecule has 4 aliphatic rings. The maximum atomic E-state index is 12.5. The monoisotopic (exact) mass is 395 g/mol. The topological polar surface area (TPSA) is 94.3 Å². The number of amides is 1. The van der Waals surface area contributed by atoms with E-state index in [1.807, 2.05) is 22.2 Å². The van der Waals surface area contributed by atoms with Crippen LogP contribution >= 0.6 is 11.6 Å². The number of halogens is 1. The Labute approximate surface area is 164 Å². The van der Waals surface area contributed by atoms with Crippen LogP contribution < -0.4 is 5.32 Å². The van der Waals surface area contributed by atoms with Crippen LogP contribution in [0, 0.1) is 0 Å². The molecule has 1 amide bonds. The molecule has 0 spiro atoms. The van der Waals surface area contributed by atoms with Crippen molar-refractivity contribution in [1.29, 1.82) is 0 Å². The largest absolute Gasteiger partial charge is 0.416 e. The first kappa shape index (κ1) is 16.2. The highest BCUT2D eigenvalue weighted by molar-refractivity contribution is 6.30.